The van der Waals surface area contributed by atoms with Crippen molar-refractivity contribution in [2.75, 3.05) is 0 Å². The zero-order chi connectivity index (χ0) is 17.5. The molecule has 1 aliphatic heterocycles. The van der Waals surface area contributed by atoms with Crippen molar-refractivity contribution in [1.29, 1.82) is 0 Å². The number of hydrogen-bond donors (Lipinski definition) is 0. The SMILES string of the molecule is CC1=Nc2nnnn2C(c2cccc3ccccc23)C1c1ccccc1. The molecule has 0 N–H and O–H groups in total. The summed E-state index contributed by atoms with van der Waals surface area (Å²) < 4.78 is 1.85. The van der Waals surface area contributed by atoms with Gasteiger partial charge in [0, 0.05) is 11.6 Å². The minimum absolute atomic E-state index is 0.0361. The molecule has 2 atom stereocenters. The Morgan fingerprint density at radius 2 is 1.62 bits per heavy atom. The summed E-state index contributed by atoms with van der Waals surface area (Å²) in [6, 6.07) is 25.3. The topological polar surface area (TPSA) is 56.0 Å². The van der Waals surface area contributed by atoms with Crippen LogP contribution in [0.25, 0.3) is 10.8 Å². The van der Waals surface area contributed by atoms with Gasteiger partial charge in [-0.25, -0.2) is 9.67 Å². The van der Waals surface area contributed by atoms with Crippen LogP contribution in [0, 0.1) is 0 Å². The van der Waals surface area contributed by atoms with Crippen LogP contribution < -0.4 is 0 Å². The minimum atomic E-state index is -0.0361. The molecular formula is C21H17N5. The third-order valence-corrected chi connectivity index (χ3v) is 5.08. The normalized spacial score (nSPS) is 19.2. The van der Waals surface area contributed by atoms with Gasteiger partial charge in [-0.15, -0.1) is 0 Å². The first-order valence-corrected chi connectivity index (χ1v) is 8.68. The number of aliphatic imine (C=N–C) groups is 1. The van der Waals surface area contributed by atoms with Gasteiger partial charge in [0.05, 0.1) is 6.04 Å². The first-order valence-electron chi connectivity index (χ1n) is 8.68. The molecule has 0 radical (unpaired) electrons. The lowest BCUT2D eigenvalue weighted by molar-refractivity contribution is 0.477. The van der Waals surface area contributed by atoms with E-state index in [0.29, 0.717) is 5.95 Å². The molecule has 5 heteroatoms. The van der Waals surface area contributed by atoms with Crippen LogP contribution in [0.3, 0.4) is 0 Å². The minimum Gasteiger partial charge on any atom is -0.219 e. The number of rotatable bonds is 2. The standard InChI is InChI=1S/C21H17N5/c1-14-19(16-9-3-2-4-10-16)20(26-21(22-14)23-24-25-26)18-13-7-11-15-8-5-6-12-17(15)18/h2-13,19-20H,1H3. The molecule has 0 aliphatic carbocycles. The molecule has 0 saturated carbocycles. The highest BCUT2D eigenvalue weighted by Gasteiger charge is 2.36. The zero-order valence-electron chi connectivity index (χ0n) is 14.3. The van der Waals surface area contributed by atoms with E-state index < -0.39 is 0 Å². The summed E-state index contributed by atoms with van der Waals surface area (Å²) >= 11 is 0. The molecule has 0 bridgehead atoms. The molecule has 5 rings (SSSR count). The quantitative estimate of drug-likeness (QED) is 0.547. The maximum Gasteiger partial charge on any atom is 0.269 e. The van der Waals surface area contributed by atoms with E-state index in [4.69, 9.17) is 0 Å². The van der Waals surface area contributed by atoms with Crippen LogP contribution in [0.5, 0.6) is 0 Å². The van der Waals surface area contributed by atoms with Crippen molar-refractivity contribution >= 4 is 22.4 Å². The van der Waals surface area contributed by atoms with Crippen LogP contribution in [0.1, 0.15) is 30.0 Å². The van der Waals surface area contributed by atoms with E-state index in [1.54, 1.807) is 0 Å². The van der Waals surface area contributed by atoms with Crippen LogP contribution in [-0.4, -0.2) is 25.9 Å². The number of aromatic nitrogens is 4. The van der Waals surface area contributed by atoms with Crippen molar-refractivity contribution < 1.29 is 0 Å². The molecule has 4 aromatic rings. The Bertz CT molecular complexity index is 1110. The second-order valence-corrected chi connectivity index (χ2v) is 6.58. The summed E-state index contributed by atoms with van der Waals surface area (Å²) in [5.74, 6) is 0.644. The molecule has 1 aliphatic rings. The fourth-order valence-corrected chi connectivity index (χ4v) is 3.94. The smallest absolute Gasteiger partial charge is 0.219 e. The van der Waals surface area contributed by atoms with Crippen molar-refractivity contribution in [1.82, 2.24) is 20.2 Å². The van der Waals surface area contributed by atoms with E-state index >= 15 is 0 Å². The lowest BCUT2D eigenvalue weighted by Gasteiger charge is -2.31. The number of tetrazole rings is 1. The van der Waals surface area contributed by atoms with Gasteiger partial charge in [0.25, 0.3) is 5.95 Å². The third kappa shape index (κ3) is 2.24. The fraction of sp³-hybridized carbons (Fsp3) is 0.143. The Balaban J connectivity index is 1.79. The van der Waals surface area contributed by atoms with Crippen LogP contribution in [0.4, 0.5) is 5.95 Å². The van der Waals surface area contributed by atoms with Crippen molar-refractivity contribution in [3.05, 3.63) is 83.9 Å². The van der Waals surface area contributed by atoms with Gasteiger partial charge in [-0.2, -0.15) is 0 Å². The van der Waals surface area contributed by atoms with E-state index in [2.05, 4.69) is 94.2 Å². The lowest BCUT2D eigenvalue weighted by atomic mass is 9.81. The van der Waals surface area contributed by atoms with Gasteiger partial charge in [0.2, 0.25) is 0 Å². The van der Waals surface area contributed by atoms with E-state index in [1.165, 1.54) is 21.9 Å². The lowest BCUT2D eigenvalue weighted by Crippen LogP contribution is -2.28. The predicted octanol–water partition coefficient (Wildman–Crippen LogP) is 4.31. The Morgan fingerprint density at radius 3 is 2.50 bits per heavy atom. The molecule has 1 aromatic heterocycles. The van der Waals surface area contributed by atoms with Crippen LogP contribution in [0.2, 0.25) is 0 Å². The maximum atomic E-state index is 4.66. The summed E-state index contributed by atoms with van der Waals surface area (Å²) in [6.07, 6.45) is 0. The molecule has 26 heavy (non-hydrogen) atoms. The Kier molecular flexibility index (Phi) is 3.38. The highest BCUT2D eigenvalue weighted by atomic mass is 15.6. The van der Waals surface area contributed by atoms with Crippen LogP contribution in [0.15, 0.2) is 77.8 Å². The number of benzene rings is 3. The molecule has 2 unspecified atom stereocenters. The predicted molar refractivity (Wildman–Crippen MR) is 102 cm³/mol. The average molecular weight is 339 g/mol. The number of fused-ring (bicyclic) bond motifs is 2. The monoisotopic (exact) mass is 339 g/mol. The zero-order valence-corrected chi connectivity index (χ0v) is 14.3. The summed E-state index contributed by atoms with van der Waals surface area (Å²) in [5, 5.41) is 14.7. The first-order chi connectivity index (χ1) is 12.8. The molecule has 0 amide bonds. The van der Waals surface area contributed by atoms with Crippen molar-refractivity contribution in [2.45, 2.75) is 18.9 Å². The maximum absolute atomic E-state index is 4.66. The number of hydrogen-bond acceptors (Lipinski definition) is 4. The van der Waals surface area contributed by atoms with Gasteiger partial charge >= 0.3 is 0 Å². The fourth-order valence-electron chi connectivity index (χ4n) is 3.94. The van der Waals surface area contributed by atoms with Crippen LogP contribution in [-0.2, 0) is 0 Å². The number of nitrogens with zero attached hydrogens (tertiary/aromatic N) is 5. The van der Waals surface area contributed by atoms with Gasteiger partial charge in [0.1, 0.15) is 0 Å². The summed E-state index contributed by atoms with van der Waals surface area (Å²) in [4.78, 5) is 4.66. The average Bonchev–Trinajstić information content (AvgIpc) is 3.15. The molecule has 5 nitrogen and oxygen atoms in total. The van der Waals surface area contributed by atoms with Crippen molar-refractivity contribution in [2.24, 2.45) is 4.99 Å². The van der Waals surface area contributed by atoms with Gasteiger partial charge in [-0.1, -0.05) is 77.9 Å². The summed E-state index contributed by atoms with van der Waals surface area (Å²) in [7, 11) is 0. The molecular weight excluding hydrogens is 322 g/mol. The van der Waals surface area contributed by atoms with Crippen molar-refractivity contribution in [3.8, 4) is 0 Å². The molecule has 0 saturated heterocycles. The molecule has 0 fully saturated rings. The third-order valence-electron chi connectivity index (χ3n) is 5.08. The van der Waals surface area contributed by atoms with E-state index in [-0.39, 0.29) is 12.0 Å². The van der Waals surface area contributed by atoms with Crippen molar-refractivity contribution in [3.63, 3.8) is 0 Å². The highest BCUT2D eigenvalue weighted by molar-refractivity contribution is 5.94. The van der Waals surface area contributed by atoms with E-state index in [0.717, 1.165) is 5.71 Å². The van der Waals surface area contributed by atoms with E-state index in [1.807, 2.05) is 10.7 Å². The summed E-state index contributed by atoms with van der Waals surface area (Å²) in [5.41, 5.74) is 3.45. The molecule has 2 heterocycles. The highest BCUT2D eigenvalue weighted by Crippen LogP contribution is 2.42. The molecule has 3 aromatic carbocycles. The summed E-state index contributed by atoms with van der Waals surface area (Å²) in [6.45, 7) is 2.06. The van der Waals surface area contributed by atoms with Gasteiger partial charge in [0.15, 0.2) is 0 Å². The van der Waals surface area contributed by atoms with Gasteiger partial charge in [-0.05, 0) is 39.2 Å². The van der Waals surface area contributed by atoms with Gasteiger partial charge in [-0.3, -0.25) is 0 Å². The largest absolute Gasteiger partial charge is 0.269 e. The Hall–Kier alpha value is -3.34. The first kappa shape index (κ1) is 15.0. The second-order valence-electron chi connectivity index (χ2n) is 6.58. The molecule has 126 valence electrons. The molecule has 0 spiro atoms. The second kappa shape index (κ2) is 5.88. The Labute approximate surface area is 151 Å². The van der Waals surface area contributed by atoms with Crippen LogP contribution >= 0.6 is 0 Å². The van der Waals surface area contributed by atoms with Gasteiger partial charge < -0.3 is 0 Å². The van der Waals surface area contributed by atoms with E-state index in [9.17, 15) is 0 Å². The Morgan fingerprint density at radius 1 is 0.846 bits per heavy atom.